The van der Waals surface area contributed by atoms with Gasteiger partial charge >= 0.3 is 0 Å². The van der Waals surface area contributed by atoms with Gasteiger partial charge in [-0.25, -0.2) is 8.42 Å². The molecule has 11 heteroatoms. The van der Waals surface area contributed by atoms with Gasteiger partial charge in [0.15, 0.2) is 0 Å². The molecular formula is C23H29Cl2N3O5S. The molecule has 0 aliphatic heterocycles. The Kier molecular flexibility index (Phi) is 10.0. The van der Waals surface area contributed by atoms with Gasteiger partial charge in [0.25, 0.3) is 0 Å². The molecule has 0 saturated carbocycles. The minimum atomic E-state index is -3.82. The Balaban J connectivity index is 2.43. The van der Waals surface area contributed by atoms with E-state index in [0.717, 1.165) is 10.6 Å². The molecule has 8 nitrogen and oxygen atoms in total. The van der Waals surface area contributed by atoms with Gasteiger partial charge in [0, 0.05) is 23.6 Å². The summed E-state index contributed by atoms with van der Waals surface area (Å²) in [6.07, 6.45) is 1.34. The number of hydrogen-bond donors (Lipinski definition) is 1. The highest BCUT2D eigenvalue weighted by molar-refractivity contribution is 7.92. The third kappa shape index (κ3) is 7.25. The topological polar surface area (TPSA) is 96.0 Å². The van der Waals surface area contributed by atoms with E-state index in [-0.39, 0.29) is 12.5 Å². The summed E-state index contributed by atoms with van der Waals surface area (Å²) >= 11 is 12.3. The van der Waals surface area contributed by atoms with Crippen LogP contribution in [0.15, 0.2) is 42.5 Å². The molecule has 34 heavy (non-hydrogen) atoms. The summed E-state index contributed by atoms with van der Waals surface area (Å²) in [5.74, 6) is -0.343. The Morgan fingerprint density at radius 2 is 1.74 bits per heavy atom. The molecular weight excluding hydrogens is 501 g/mol. The lowest BCUT2D eigenvalue weighted by Gasteiger charge is -2.32. The third-order valence-corrected chi connectivity index (χ3v) is 6.83. The molecule has 2 aromatic carbocycles. The maximum absolute atomic E-state index is 13.5. The Labute approximate surface area is 210 Å². The monoisotopic (exact) mass is 529 g/mol. The molecule has 0 saturated heterocycles. The number of nitrogens with one attached hydrogen (secondary N) is 1. The second-order valence-corrected chi connectivity index (χ2v) is 10.2. The second kappa shape index (κ2) is 12.3. The first-order valence-electron chi connectivity index (χ1n) is 10.7. The molecule has 0 heterocycles. The molecule has 186 valence electrons. The number of carbonyl (C=O) groups is 2. The van der Waals surface area contributed by atoms with Gasteiger partial charge in [-0.1, -0.05) is 36.2 Å². The van der Waals surface area contributed by atoms with E-state index in [1.165, 1.54) is 11.9 Å². The largest absolute Gasteiger partial charge is 0.494 e. The average molecular weight is 530 g/mol. The Morgan fingerprint density at radius 3 is 2.24 bits per heavy atom. The molecule has 1 atom stereocenters. The predicted octanol–water partition coefficient (Wildman–Crippen LogP) is 3.71. The van der Waals surface area contributed by atoms with Crippen LogP contribution in [0.5, 0.6) is 5.75 Å². The number of rotatable bonds is 11. The molecule has 0 aliphatic carbocycles. The van der Waals surface area contributed by atoms with E-state index >= 15 is 0 Å². The first-order chi connectivity index (χ1) is 16.0. The number of likely N-dealkylation sites (N-methyl/N-ethyl adjacent to an activating group) is 1. The number of amides is 2. The number of nitrogens with zero attached hydrogens (tertiary/aromatic N) is 2. The highest BCUT2D eigenvalue weighted by Gasteiger charge is 2.31. The summed E-state index contributed by atoms with van der Waals surface area (Å²) in [6, 6.07) is 10.4. The lowest BCUT2D eigenvalue weighted by Crippen LogP contribution is -2.51. The molecule has 1 N–H and O–H groups in total. The number of hydrogen-bond acceptors (Lipinski definition) is 5. The Bertz CT molecular complexity index is 1110. The van der Waals surface area contributed by atoms with Crippen LogP contribution in [0, 0.1) is 0 Å². The van der Waals surface area contributed by atoms with E-state index in [4.69, 9.17) is 27.9 Å². The highest BCUT2D eigenvalue weighted by Crippen LogP contribution is 2.25. The van der Waals surface area contributed by atoms with Crippen LogP contribution in [0.1, 0.15) is 25.8 Å². The van der Waals surface area contributed by atoms with Crippen molar-refractivity contribution in [2.45, 2.75) is 32.9 Å². The zero-order valence-corrected chi connectivity index (χ0v) is 21.9. The van der Waals surface area contributed by atoms with Crippen molar-refractivity contribution < 1.29 is 22.7 Å². The van der Waals surface area contributed by atoms with Crippen molar-refractivity contribution in [1.29, 1.82) is 0 Å². The van der Waals surface area contributed by atoms with Gasteiger partial charge in [0.1, 0.15) is 18.3 Å². The molecule has 0 fully saturated rings. The average Bonchev–Trinajstić information content (AvgIpc) is 2.78. The molecule has 0 unspecified atom stereocenters. The van der Waals surface area contributed by atoms with Crippen molar-refractivity contribution in [3.63, 3.8) is 0 Å². The van der Waals surface area contributed by atoms with Crippen LogP contribution in [-0.2, 0) is 26.2 Å². The smallest absolute Gasteiger partial charge is 0.244 e. The van der Waals surface area contributed by atoms with Gasteiger partial charge in [0.2, 0.25) is 21.8 Å². The summed E-state index contributed by atoms with van der Waals surface area (Å²) in [5.41, 5.74) is 0.880. The van der Waals surface area contributed by atoms with Gasteiger partial charge in [-0.05, 0) is 55.3 Å². The van der Waals surface area contributed by atoms with E-state index in [2.05, 4.69) is 5.32 Å². The lowest BCUT2D eigenvalue weighted by atomic mass is 10.1. The summed E-state index contributed by atoms with van der Waals surface area (Å²) in [7, 11) is -2.34. The molecule has 0 aromatic heterocycles. The van der Waals surface area contributed by atoms with Gasteiger partial charge < -0.3 is 15.0 Å². The summed E-state index contributed by atoms with van der Waals surface area (Å²) < 4.78 is 31.6. The van der Waals surface area contributed by atoms with Crippen LogP contribution in [-0.4, -0.2) is 57.6 Å². The fraction of sp³-hybridized carbons (Fsp3) is 0.391. The maximum atomic E-state index is 13.5. The van der Waals surface area contributed by atoms with Crippen molar-refractivity contribution in [2.24, 2.45) is 0 Å². The van der Waals surface area contributed by atoms with Gasteiger partial charge in [-0.2, -0.15) is 0 Å². The van der Waals surface area contributed by atoms with Crippen molar-refractivity contribution in [3.8, 4) is 5.75 Å². The highest BCUT2D eigenvalue weighted by atomic mass is 35.5. The molecule has 2 amide bonds. The maximum Gasteiger partial charge on any atom is 0.244 e. The number of benzene rings is 2. The zero-order valence-electron chi connectivity index (χ0n) is 19.5. The first kappa shape index (κ1) is 27.8. The molecule has 0 radical (unpaired) electrons. The van der Waals surface area contributed by atoms with E-state index in [1.54, 1.807) is 49.4 Å². The van der Waals surface area contributed by atoms with Gasteiger partial charge in [-0.3, -0.25) is 13.9 Å². The Morgan fingerprint density at radius 1 is 1.09 bits per heavy atom. The zero-order chi connectivity index (χ0) is 25.5. The van der Waals surface area contributed by atoms with Crippen LogP contribution in [0.4, 0.5) is 5.69 Å². The fourth-order valence-corrected chi connectivity index (χ4v) is 4.73. The molecule has 0 aliphatic rings. The standard InChI is InChI=1S/C23H29Cl2N3O5S/c1-5-21(23(30)26-3)27(14-16-7-8-17(24)13-20(16)25)22(29)15-28(34(4,31)32)18-9-11-19(12-10-18)33-6-2/h7-13,21H,5-6,14-15H2,1-4H3,(H,26,30)/t21-/m1/s1. The van der Waals surface area contributed by atoms with E-state index < -0.39 is 28.5 Å². The first-order valence-corrected chi connectivity index (χ1v) is 13.3. The SMILES string of the molecule is CCOc1ccc(N(CC(=O)N(Cc2ccc(Cl)cc2Cl)[C@H](CC)C(=O)NC)S(C)(=O)=O)cc1. The van der Waals surface area contributed by atoms with Gasteiger partial charge in [0.05, 0.1) is 18.6 Å². The molecule has 0 bridgehead atoms. The minimum Gasteiger partial charge on any atom is -0.494 e. The number of anilines is 1. The molecule has 2 rings (SSSR count). The van der Waals surface area contributed by atoms with E-state index in [0.29, 0.717) is 40.1 Å². The number of halogens is 2. The van der Waals surface area contributed by atoms with Crippen LogP contribution in [0.3, 0.4) is 0 Å². The molecule has 0 spiro atoms. The van der Waals surface area contributed by atoms with Crippen LogP contribution in [0.25, 0.3) is 0 Å². The Hall–Kier alpha value is -2.49. The number of sulfonamides is 1. The summed E-state index contributed by atoms with van der Waals surface area (Å²) in [4.78, 5) is 27.4. The quantitative estimate of drug-likeness (QED) is 0.478. The van der Waals surface area contributed by atoms with Crippen LogP contribution < -0.4 is 14.4 Å². The van der Waals surface area contributed by atoms with Crippen molar-refractivity contribution in [2.75, 3.05) is 30.8 Å². The number of carbonyl (C=O) groups excluding carboxylic acids is 2. The molecule has 2 aromatic rings. The van der Waals surface area contributed by atoms with Crippen molar-refractivity contribution in [3.05, 3.63) is 58.1 Å². The normalized spacial score (nSPS) is 12.1. The summed E-state index contributed by atoms with van der Waals surface area (Å²) in [5, 5.41) is 3.33. The summed E-state index contributed by atoms with van der Waals surface area (Å²) in [6.45, 7) is 3.58. The fourth-order valence-electron chi connectivity index (χ4n) is 3.41. The second-order valence-electron chi connectivity index (χ2n) is 7.49. The minimum absolute atomic E-state index is 0.00163. The number of ether oxygens (including phenoxy) is 1. The van der Waals surface area contributed by atoms with Gasteiger partial charge in [-0.15, -0.1) is 0 Å². The lowest BCUT2D eigenvalue weighted by molar-refractivity contribution is -0.140. The van der Waals surface area contributed by atoms with Crippen LogP contribution in [0.2, 0.25) is 10.0 Å². The van der Waals surface area contributed by atoms with Crippen LogP contribution >= 0.6 is 23.2 Å². The van der Waals surface area contributed by atoms with Crippen molar-refractivity contribution in [1.82, 2.24) is 10.2 Å². The predicted molar refractivity (Wildman–Crippen MR) is 135 cm³/mol. The van der Waals surface area contributed by atoms with Crippen molar-refractivity contribution >= 4 is 50.7 Å². The third-order valence-electron chi connectivity index (χ3n) is 5.10. The van der Waals surface area contributed by atoms with E-state index in [1.807, 2.05) is 6.92 Å². The van der Waals surface area contributed by atoms with E-state index in [9.17, 15) is 18.0 Å².